The smallest absolute Gasteiger partial charge is 0.229 e. The van der Waals surface area contributed by atoms with Crippen molar-refractivity contribution in [2.75, 3.05) is 6.54 Å². The summed E-state index contributed by atoms with van der Waals surface area (Å²) in [6.45, 7) is 2.19. The number of fused-ring (bicyclic) bond motifs is 1. The molecule has 4 heteroatoms. The third-order valence-electron chi connectivity index (χ3n) is 3.43. The van der Waals surface area contributed by atoms with Crippen LogP contribution in [-0.2, 0) is 17.9 Å². The second kappa shape index (κ2) is 5.55. The van der Waals surface area contributed by atoms with E-state index in [9.17, 15) is 4.79 Å². The largest absolute Gasteiger partial charge is 0.351 e. The van der Waals surface area contributed by atoms with Crippen molar-refractivity contribution in [3.8, 4) is 0 Å². The summed E-state index contributed by atoms with van der Waals surface area (Å²) in [5, 5.41) is 8.36. The van der Waals surface area contributed by atoms with Crippen LogP contribution in [0.15, 0.2) is 41.8 Å². The van der Waals surface area contributed by atoms with E-state index in [4.69, 9.17) is 0 Å². The number of rotatable bonds is 3. The van der Waals surface area contributed by atoms with Gasteiger partial charge in [0.05, 0.1) is 12.5 Å². The molecule has 98 valence electrons. The Morgan fingerprint density at radius 3 is 3.05 bits per heavy atom. The summed E-state index contributed by atoms with van der Waals surface area (Å²) in [7, 11) is 0. The predicted molar refractivity (Wildman–Crippen MR) is 77.1 cm³/mol. The zero-order valence-corrected chi connectivity index (χ0v) is 11.4. The molecule has 2 aromatic rings. The highest BCUT2D eigenvalue weighted by Gasteiger charge is 2.25. The molecule has 0 fully saturated rings. The van der Waals surface area contributed by atoms with E-state index in [0.29, 0.717) is 13.1 Å². The van der Waals surface area contributed by atoms with E-state index in [-0.39, 0.29) is 11.8 Å². The van der Waals surface area contributed by atoms with Crippen LogP contribution in [0.4, 0.5) is 0 Å². The number of carbonyl (C=O) groups is 1. The van der Waals surface area contributed by atoms with Crippen LogP contribution in [0.2, 0.25) is 0 Å². The fourth-order valence-electron chi connectivity index (χ4n) is 2.44. The molecule has 3 nitrogen and oxygen atoms in total. The second-order valence-corrected chi connectivity index (χ2v) is 5.71. The minimum atomic E-state index is -0.0788. The Morgan fingerprint density at radius 2 is 2.21 bits per heavy atom. The van der Waals surface area contributed by atoms with Crippen LogP contribution in [0, 0.1) is 0 Å². The normalized spacial score (nSPS) is 17.8. The molecule has 0 saturated heterocycles. The van der Waals surface area contributed by atoms with Gasteiger partial charge in [-0.1, -0.05) is 30.3 Å². The fraction of sp³-hybridized carbons (Fsp3) is 0.267. The lowest BCUT2D eigenvalue weighted by atomic mass is 9.90. The molecule has 1 atom stereocenters. The number of benzene rings is 1. The minimum Gasteiger partial charge on any atom is -0.351 e. The van der Waals surface area contributed by atoms with Gasteiger partial charge < -0.3 is 10.6 Å². The maximum atomic E-state index is 12.3. The summed E-state index contributed by atoms with van der Waals surface area (Å²) in [5.41, 5.74) is 2.38. The first-order valence-corrected chi connectivity index (χ1v) is 7.31. The van der Waals surface area contributed by atoms with Crippen LogP contribution in [0.3, 0.4) is 0 Å². The topological polar surface area (TPSA) is 41.1 Å². The first-order valence-electron chi connectivity index (χ1n) is 6.43. The van der Waals surface area contributed by atoms with E-state index >= 15 is 0 Å². The lowest BCUT2D eigenvalue weighted by molar-refractivity contribution is -0.122. The molecule has 1 unspecified atom stereocenters. The summed E-state index contributed by atoms with van der Waals surface area (Å²) in [4.78, 5) is 13.5. The van der Waals surface area contributed by atoms with Gasteiger partial charge >= 0.3 is 0 Å². The zero-order chi connectivity index (χ0) is 13.1. The number of nitrogens with one attached hydrogen (secondary N) is 2. The highest BCUT2D eigenvalue weighted by atomic mass is 32.1. The van der Waals surface area contributed by atoms with Crippen molar-refractivity contribution in [3.63, 3.8) is 0 Å². The molecular weight excluding hydrogens is 256 g/mol. The first kappa shape index (κ1) is 12.4. The van der Waals surface area contributed by atoms with Gasteiger partial charge in [-0.2, -0.15) is 0 Å². The van der Waals surface area contributed by atoms with Gasteiger partial charge in [-0.3, -0.25) is 4.79 Å². The molecule has 3 rings (SSSR count). The van der Waals surface area contributed by atoms with Crippen LogP contribution in [0.25, 0.3) is 0 Å². The van der Waals surface area contributed by atoms with Crippen molar-refractivity contribution < 1.29 is 4.79 Å². The average Bonchev–Trinajstić information content (AvgIpc) is 2.97. The number of hydrogen-bond donors (Lipinski definition) is 2. The van der Waals surface area contributed by atoms with Crippen molar-refractivity contribution in [1.29, 1.82) is 0 Å². The van der Waals surface area contributed by atoms with Crippen molar-refractivity contribution >= 4 is 17.2 Å². The number of carbonyl (C=O) groups excluding carboxylic acids is 1. The Morgan fingerprint density at radius 1 is 1.32 bits per heavy atom. The highest BCUT2D eigenvalue weighted by molar-refractivity contribution is 7.09. The summed E-state index contributed by atoms with van der Waals surface area (Å²) in [6.07, 6.45) is 0. The molecule has 0 radical (unpaired) electrons. The molecule has 1 amide bonds. The summed E-state index contributed by atoms with van der Waals surface area (Å²) in [6, 6.07) is 12.2. The Labute approximate surface area is 116 Å². The van der Waals surface area contributed by atoms with Gasteiger partial charge in [0, 0.05) is 18.0 Å². The first-order chi connectivity index (χ1) is 9.34. The predicted octanol–water partition coefficient (Wildman–Crippen LogP) is 2.25. The van der Waals surface area contributed by atoms with Crippen molar-refractivity contribution in [2.45, 2.75) is 19.0 Å². The lowest BCUT2D eigenvalue weighted by Gasteiger charge is -2.25. The van der Waals surface area contributed by atoms with Gasteiger partial charge in [-0.15, -0.1) is 11.3 Å². The Hall–Kier alpha value is -1.65. The third-order valence-corrected chi connectivity index (χ3v) is 4.30. The minimum absolute atomic E-state index is 0.0788. The zero-order valence-electron chi connectivity index (χ0n) is 10.6. The van der Waals surface area contributed by atoms with Gasteiger partial charge in [0.1, 0.15) is 0 Å². The fourth-order valence-corrected chi connectivity index (χ4v) is 3.09. The molecule has 1 aliphatic rings. The van der Waals surface area contributed by atoms with Gasteiger partial charge in [-0.25, -0.2) is 0 Å². The molecule has 0 spiro atoms. The van der Waals surface area contributed by atoms with Crippen molar-refractivity contribution in [2.24, 2.45) is 0 Å². The van der Waals surface area contributed by atoms with E-state index in [1.807, 2.05) is 29.6 Å². The van der Waals surface area contributed by atoms with Crippen LogP contribution in [0.1, 0.15) is 21.9 Å². The maximum absolute atomic E-state index is 12.3. The van der Waals surface area contributed by atoms with E-state index in [1.54, 1.807) is 11.3 Å². The molecular formula is C15H16N2OS. The van der Waals surface area contributed by atoms with Crippen LogP contribution in [-0.4, -0.2) is 12.5 Å². The number of hydrogen-bond acceptors (Lipinski definition) is 3. The number of amides is 1. The Balaban J connectivity index is 1.71. The average molecular weight is 272 g/mol. The van der Waals surface area contributed by atoms with Crippen LogP contribution < -0.4 is 10.6 Å². The van der Waals surface area contributed by atoms with Crippen molar-refractivity contribution in [3.05, 3.63) is 57.8 Å². The summed E-state index contributed by atoms with van der Waals surface area (Å²) >= 11 is 1.67. The van der Waals surface area contributed by atoms with Gasteiger partial charge in [-0.05, 0) is 22.6 Å². The lowest BCUT2D eigenvalue weighted by Crippen LogP contribution is -2.38. The molecule has 0 saturated carbocycles. The molecule has 0 aliphatic carbocycles. The summed E-state index contributed by atoms with van der Waals surface area (Å²) in [5.74, 6) is 0.0259. The molecule has 19 heavy (non-hydrogen) atoms. The van der Waals surface area contributed by atoms with E-state index < -0.39 is 0 Å². The number of thiophene rings is 1. The van der Waals surface area contributed by atoms with Crippen LogP contribution >= 0.6 is 11.3 Å². The van der Waals surface area contributed by atoms with Crippen molar-refractivity contribution in [1.82, 2.24) is 10.6 Å². The van der Waals surface area contributed by atoms with E-state index in [0.717, 1.165) is 12.1 Å². The molecule has 0 bridgehead atoms. The van der Waals surface area contributed by atoms with Gasteiger partial charge in [0.15, 0.2) is 0 Å². The SMILES string of the molecule is O=C(NCc1cccs1)C1CNCc2ccccc21. The van der Waals surface area contributed by atoms with Gasteiger partial charge in [0.2, 0.25) is 5.91 Å². The molecule has 1 aliphatic heterocycles. The monoisotopic (exact) mass is 272 g/mol. The maximum Gasteiger partial charge on any atom is 0.229 e. The molecule has 1 aromatic carbocycles. The standard InChI is InChI=1S/C15H16N2OS/c18-15(17-9-12-5-3-7-19-12)14-10-16-8-11-4-1-2-6-13(11)14/h1-7,14,16H,8-10H2,(H,17,18). The Kier molecular flexibility index (Phi) is 3.62. The van der Waals surface area contributed by atoms with E-state index in [2.05, 4.69) is 22.8 Å². The molecule has 2 heterocycles. The Bertz CT molecular complexity index is 565. The second-order valence-electron chi connectivity index (χ2n) is 4.68. The third kappa shape index (κ3) is 2.69. The highest BCUT2D eigenvalue weighted by Crippen LogP contribution is 2.24. The quantitative estimate of drug-likeness (QED) is 0.900. The van der Waals surface area contributed by atoms with Gasteiger partial charge in [0.25, 0.3) is 0 Å². The molecule has 1 aromatic heterocycles. The molecule has 2 N–H and O–H groups in total. The van der Waals surface area contributed by atoms with Crippen LogP contribution in [0.5, 0.6) is 0 Å². The summed E-state index contributed by atoms with van der Waals surface area (Å²) < 4.78 is 0. The van der Waals surface area contributed by atoms with E-state index in [1.165, 1.54) is 10.4 Å².